The highest BCUT2D eigenvalue weighted by Crippen LogP contribution is 2.12. The van der Waals surface area contributed by atoms with Gasteiger partial charge in [-0.1, -0.05) is 12.1 Å². The quantitative estimate of drug-likeness (QED) is 0.750. The first-order valence-corrected chi connectivity index (χ1v) is 8.06. The number of nitrogens with zero attached hydrogens (tertiary/aromatic N) is 5. The number of aryl methyl sites for hydroxylation is 1. The summed E-state index contributed by atoms with van der Waals surface area (Å²) < 4.78 is 42.2. The highest BCUT2D eigenvalue weighted by Gasteiger charge is 2.18. The number of aromatic nitrogens is 5. The Morgan fingerprint density at radius 3 is 2.65 bits per heavy atom. The lowest BCUT2D eigenvalue weighted by Gasteiger charge is -2.02. The number of anilines is 1. The summed E-state index contributed by atoms with van der Waals surface area (Å²) in [4.78, 5) is 3.93. The summed E-state index contributed by atoms with van der Waals surface area (Å²) in [6.07, 6.45) is 4.00. The second-order valence-electron chi connectivity index (χ2n) is 4.85. The lowest BCUT2D eigenvalue weighted by molar-refractivity contribution is 0.600. The largest absolute Gasteiger partial charge is 0.274 e. The number of rotatable bonds is 5. The molecule has 0 aliphatic rings. The van der Waals surface area contributed by atoms with Gasteiger partial charge in [0.05, 0.1) is 12.7 Å². The molecular formula is C13H13FN6O2S. The second kappa shape index (κ2) is 5.80. The van der Waals surface area contributed by atoms with Gasteiger partial charge >= 0.3 is 0 Å². The van der Waals surface area contributed by atoms with Crippen LogP contribution in [0.2, 0.25) is 0 Å². The minimum Gasteiger partial charge on any atom is -0.274 e. The molecule has 0 saturated carbocycles. The maximum atomic E-state index is 12.9. The molecule has 120 valence electrons. The number of benzene rings is 1. The Kier molecular flexibility index (Phi) is 3.82. The molecule has 2 heterocycles. The zero-order valence-electron chi connectivity index (χ0n) is 12.1. The summed E-state index contributed by atoms with van der Waals surface area (Å²) >= 11 is 0. The maximum Gasteiger partial charge on any atom is 0.267 e. The van der Waals surface area contributed by atoms with E-state index in [1.165, 1.54) is 40.2 Å². The van der Waals surface area contributed by atoms with Gasteiger partial charge in [0, 0.05) is 13.2 Å². The van der Waals surface area contributed by atoms with Crippen LogP contribution in [-0.4, -0.2) is 33.0 Å². The van der Waals surface area contributed by atoms with Crippen molar-refractivity contribution >= 4 is 16.0 Å². The first-order valence-electron chi connectivity index (χ1n) is 6.58. The Morgan fingerprint density at radius 1 is 1.26 bits per heavy atom. The zero-order chi connectivity index (χ0) is 16.4. The predicted molar refractivity (Wildman–Crippen MR) is 79.5 cm³/mol. The third kappa shape index (κ3) is 3.54. The van der Waals surface area contributed by atoms with Crippen LogP contribution >= 0.6 is 0 Å². The van der Waals surface area contributed by atoms with Gasteiger partial charge in [-0.15, -0.1) is 5.10 Å². The molecule has 0 atom stereocenters. The molecule has 3 rings (SSSR count). The SMILES string of the molecule is Cn1cc(S(=O)(=O)Nc2ncn(Cc3ccc(F)cc3)n2)cn1. The molecule has 0 aliphatic heterocycles. The van der Waals surface area contributed by atoms with Crippen molar-refractivity contribution in [2.24, 2.45) is 7.05 Å². The summed E-state index contributed by atoms with van der Waals surface area (Å²) in [5, 5.41) is 7.85. The number of nitrogens with one attached hydrogen (secondary N) is 1. The number of hydrogen-bond acceptors (Lipinski definition) is 5. The molecule has 1 N–H and O–H groups in total. The van der Waals surface area contributed by atoms with Crippen LogP contribution in [-0.2, 0) is 23.6 Å². The van der Waals surface area contributed by atoms with Crippen molar-refractivity contribution in [3.8, 4) is 0 Å². The van der Waals surface area contributed by atoms with Crippen LogP contribution in [0.25, 0.3) is 0 Å². The summed E-state index contributed by atoms with van der Waals surface area (Å²) in [6, 6.07) is 5.93. The van der Waals surface area contributed by atoms with E-state index in [0.29, 0.717) is 6.54 Å². The number of sulfonamides is 1. The fraction of sp³-hybridized carbons (Fsp3) is 0.154. The Hall–Kier alpha value is -2.75. The Morgan fingerprint density at radius 2 is 2.00 bits per heavy atom. The molecule has 0 bridgehead atoms. The fourth-order valence-electron chi connectivity index (χ4n) is 1.91. The first-order chi connectivity index (χ1) is 10.9. The van der Waals surface area contributed by atoms with Gasteiger partial charge in [-0.05, 0) is 17.7 Å². The Bertz CT molecular complexity index is 916. The molecule has 0 spiro atoms. The van der Waals surface area contributed by atoms with Crippen molar-refractivity contribution in [2.75, 3.05) is 4.72 Å². The summed E-state index contributed by atoms with van der Waals surface area (Å²) in [5.74, 6) is -0.367. The van der Waals surface area contributed by atoms with Gasteiger partial charge in [0.15, 0.2) is 0 Å². The van der Waals surface area contributed by atoms with E-state index < -0.39 is 10.0 Å². The average Bonchev–Trinajstić information content (AvgIpc) is 3.11. The highest BCUT2D eigenvalue weighted by atomic mass is 32.2. The van der Waals surface area contributed by atoms with E-state index in [1.54, 1.807) is 19.2 Å². The molecule has 1 aromatic carbocycles. The first kappa shape index (κ1) is 15.2. The van der Waals surface area contributed by atoms with Crippen molar-refractivity contribution in [3.63, 3.8) is 0 Å². The minimum atomic E-state index is -3.78. The van der Waals surface area contributed by atoms with Crippen LogP contribution in [0.5, 0.6) is 0 Å². The average molecular weight is 336 g/mol. The van der Waals surface area contributed by atoms with Gasteiger partial charge in [0.25, 0.3) is 16.0 Å². The van der Waals surface area contributed by atoms with Crippen molar-refractivity contribution in [2.45, 2.75) is 11.4 Å². The lowest BCUT2D eigenvalue weighted by Crippen LogP contribution is -2.14. The molecular weight excluding hydrogens is 323 g/mol. The van der Waals surface area contributed by atoms with Crippen molar-refractivity contribution < 1.29 is 12.8 Å². The summed E-state index contributed by atoms with van der Waals surface area (Å²) in [5.41, 5.74) is 0.818. The van der Waals surface area contributed by atoms with Crippen LogP contribution in [0, 0.1) is 5.82 Å². The minimum absolute atomic E-state index is 0.0230. The van der Waals surface area contributed by atoms with Crippen LogP contribution in [0.4, 0.5) is 10.3 Å². The standard InChI is InChI=1S/C13H13FN6O2S/c1-19-8-12(6-16-19)23(21,22)18-13-15-9-20(17-13)7-10-2-4-11(14)5-3-10/h2-6,8-9H,7H2,1H3,(H,17,18). The molecule has 23 heavy (non-hydrogen) atoms. The third-order valence-electron chi connectivity index (χ3n) is 3.01. The van der Waals surface area contributed by atoms with E-state index in [1.807, 2.05) is 0 Å². The van der Waals surface area contributed by atoms with Gasteiger partial charge in [0.1, 0.15) is 17.0 Å². The Balaban J connectivity index is 1.73. The highest BCUT2D eigenvalue weighted by molar-refractivity contribution is 7.92. The fourth-order valence-corrected chi connectivity index (χ4v) is 2.84. The van der Waals surface area contributed by atoms with Crippen LogP contribution in [0.15, 0.2) is 47.9 Å². The van der Waals surface area contributed by atoms with E-state index in [4.69, 9.17) is 0 Å². The monoisotopic (exact) mass is 336 g/mol. The lowest BCUT2D eigenvalue weighted by atomic mass is 10.2. The molecule has 0 radical (unpaired) electrons. The van der Waals surface area contributed by atoms with Crippen LogP contribution in [0.3, 0.4) is 0 Å². The van der Waals surface area contributed by atoms with Gasteiger partial charge < -0.3 is 0 Å². The van der Waals surface area contributed by atoms with Crippen molar-refractivity contribution in [3.05, 3.63) is 54.4 Å². The van der Waals surface area contributed by atoms with E-state index in [0.717, 1.165) is 5.56 Å². The van der Waals surface area contributed by atoms with Gasteiger partial charge in [-0.3, -0.25) is 4.68 Å². The molecule has 0 fully saturated rings. The van der Waals surface area contributed by atoms with Crippen LogP contribution < -0.4 is 4.72 Å². The predicted octanol–water partition coefficient (Wildman–Crippen LogP) is 1.000. The van der Waals surface area contributed by atoms with E-state index in [-0.39, 0.29) is 16.7 Å². The second-order valence-corrected chi connectivity index (χ2v) is 6.53. The molecule has 8 nitrogen and oxygen atoms in total. The van der Waals surface area contributed by atoms with Gasteiger partial charge in [-0.2, -0.15) is 10.1 Å². The van der Waals surface area contributed by atoms with E-state index >= 15 is 0 Å². The number of hydrogen-bond donors (Lipinski definition) is 1. The summed E-state index contributed by atoms with van der Waals surface area (Å²) in [6.45, 7) is 0.349. The smallest absolute Gasteiger partial charge is 0.267 e. The normalized spacial score (nSPS) is 11.6. The van der Waals surface area contributed by atoms with E-state index in [9.17, 15) is 12.8 Å². The molecule has 3 aromatic rings. The Labute approximate surface area is 131 Å². The van der Waals surface area contributed by atoms with Crippen molar-refractivity contribution in [1.29, 1.82) is 0 Å². The molecule has 0 saturated heterocycles. The van der Waals surface area contributed by atoms with E-state index in [2.05, 4.69) is 19.9 Å². The molecule has 0 unspecified atom stereocenters. The van der Waals surface area contributed by atoms with Gasteiger partial charge in [0.2, 0.25) is 0 Å². The maximum absolute atomic E-state index is 12.9. The van der Waals surface area contributed by atoms with Crippen LogP contribution in [0.1, 0.15) is 5.56 Å². The van der Waals surface area contributed by atoms with Gasteiger partial charge in [-0.25, -0.2) is 22.2 Å². The zero-order valence-corrected chi connectivity index (χ0v) is 12.9. The topological polar surface area (TPSA) is 94.7 Å². The molecule has 2 aromatic heterocycles. The molecule has 10 heteroatoms. The summed E-state index contributed by atoms with van der Waals surface area (Å²) in [7, 11) is -2.16. The number of halogens is 1. The van der Waals surface area contributed by atoms with Crippen molar-refractivity contribution in [1.82, 2.24) is 24.5 Å². The molecule has 0 aliphatic carbocycles. The third-order valence-corrected chi connectivity index (χ3v) is 4.29. The molecule has 0 amide bonds.